The van der Waals surface area contributed by atoms with Gasteiger partial charge in [0.25, 0.3) is 0 Å². The van der Waals surface area contributed by atoms with Gasteiger partial charge in [-0.2, -0.15) is 0 Å². The lowest BCUT2D eigenvalue weighted by molar-refractivity contribution is 1.10. The van der Waals surface area contributed by atoms with Crippen molar-refractivity contribution < 1.29 is 0 Å². The highest BCUT2D eigenvalue weighted by Crippen LogP contribution is 2.18. The standard InChI is InChI=1S/C6H8N2/c1-3-7-6-5(1)2-4-8-6/h1,3,7-8H,2,4H2. The summed E-state index contributed by atoms with van der Waals surface area (Å²) in [5.41, 5.74) is 1.42. The van der Waals surface area contributed by atoms with E-state index in [2.05, 4.69) is 16.4 Å². The third-order valence-electron chi connectivity index (χ3n) is 1.53. The number of fused-ring (bicyclic) bond motifs is 1. The zero-order valence-corrected chi connectivity index (χ0v) is 4.57. The van der Waals surface area contributed by atoms with Crippen molar-refractivity contribution in [1.29, 1.82) is 0 Å². The van der Waals surface area contributed by atoms with Gasteiger partial charge in [-0.3, -0.25) is 0 Å². The number of rotatable bonds is 0. The zero-order chi connectivity index (χ0) is 5.40. The third kappa shape index (κ3) is 0.372. The van der Waals surface area contributed by atoms with E-state index < -0.39 is 0 Å². The largest absolute Gasteiger partial charge is 0.371 e. The molecular formula is C6H8N2. The monoisotopic (exact) mass is 108 g/mol. The van der Waals surface area contributed by atoms with Gasteiger partial charge in [-0.05, 0) is 18.1 Å². The molecule has 0 atom stereocenters. The van der Waals surface area contributed by atoms with Crippen LogP contribution in [-0.4, -0.2) is 11.5 Å². The second kappa shape index (κ2) is 1.28. The van der Waals surface area contributed by atoms with Gasteiger partial charge in [0, 0.05) is 12.7 Å². The van der Waals surface area contributed by atoms with Crippen LogP contribution in [0.2, 0.25) is 0 Å². The summed E-state index contributed by atoms with van der Waals surface area (Å²) in [4.78, 5) is 3.11. The second-order valence-electron chi connectivity index (χ2n) is 2.05. The molecule has 0 aromatic carbocycles. The molecule has 0 saturated heterocycles. The first kappa shape index (κ1) is 4.01. The summed E-state index contributed by atoms with van der Waals surface area (Å²) in [6, 6.07) is 2.12. The topological polar surface area (TPSA) is 27.8 Å². The van der Waals surface area contributed by atoms with Crippen LogP contribution in [0, 0.1) is 0 Å². The van der Waals surface area contributed by atoms with Crippen molar-refractivity contribution >= 4 is 5.82 Å². The predicted molar refractivity (Wildman–Crippen MR) is 33.0 cm³/mol. The molecule has 2 rings (SSSR count). The molecule has 1 aliphatic rings. The Bertz CT molecular complexity index is 172. The van der Waals surface area contributed by atoms with Gasteiger partial charge in [0.05, 0.1) is 0 Å². The van der Waals surface area contributed by atoms with Gasteiger partial charge in [-0.15, -0.1) is 0 Å². The first-order valence-corrected chi connectivity index (χ1v) is 2.87. The van der Waals surface area contributed by atoms with E-state index >= 15 is 0 Å². The minimum absolute atomic E-state index is 1.10. The molecule has 2 nitrogen and oxygen atoms in total. The molecule has 1 aliphatic heterocycles. The van der Waals surface area contributed by atoms with E-state index in [0.29, 0.717) is 0 Å². The highest BCUT2D eigenvalue weighted by atomic mass is 15.0. The number of hydrogen-bond donors (Lipinski definition) is 2. The van der Waals surface area contributed by atoms with Crippen LogP contribution >= 0.6 is 0 Å². The number of hydrogen-bond acceptors (Lipinski definition) is 1. The summed E-state index contributed by atoms with van der Waals surface area (Å²) < 4.78 is 0. The summed E-state index contributed by atoms with van der Waals surface area (Å²) >= 11 is 0. The maximum atomic E-state index is 3.22. The molecule has 0 unspecified atom stereocenters. The average molecular weight is 108 g/mol. The molecule has 0 bridgehead atoms. The maximum absolute atomic E-state index is 3.22. The van der Waals surface area contributed by atoms with Crippen molar-refractivity contribution in [3.8, 4) is 0 Å². The maximum Gasteiger partial charge on any atom is 0.106 e. The molecule has 8 heavy (non-hydrogen) atoms. The van der Waals surface area contributed by atoms with E-state index in [0.717, 1.165) is 6.54 Å². The van der Waals surface area contributed by atoms with Crippen LogP contribution in [0.4, 0.5) is 5.82 Å². The summed E-state index contributed by atoms with van der Waals surface area (Å²) in [7, 11) is 0. The Morgan fingerprint density at radius 1 is 1.50 bits per heavy atom. The molecule has 0 amide bonds. The lowest BCUT2D eigenvalue weighted by Gasteiger charge is -1.87. The van der Waals surface area contributed by atoms with Crippen molar-refractivity contribution in [3.05, 3.63) is 17.8 Å². The van der Waals surface area contributed by atoms with E-state index in [1.165, 1.54) is 17.8 Å². The number of H-pyrrole nitrogens is 1. The molecule has 0 aliphatic carbocycles. The average Bonchev–Trinajstić information content (AvgIpc) is 2.15. The van der Waals surface area contributed by atoms with Crippen molar-refractivity contribution in [2.75, 3.05) is 11.9 Å². The van der Waals surface area contributed by atoms with Crippen molar-refractivity contribution in [3.63, 3.8) is 0 Å². The van der Waals surface area contributed by atoms with Gasteiger partial charge in [-0.1, -0.05) is 0 Å². The minimum Gasteiger partial charge on any atom is -0.371 e. The molecule has 0 fully saturated rings. The van der Waals surface area contributed by atoms with Gasteiger partial charge in [-0.25, -0.2) is 0 Å². The van der Waals surface area contributed by atoms with Crippen LogP contribution < -0.4 is 5.32 Å². The first-order valence-electron chi connectivity index (χ1n) is 2.87. The van der Waals surface area contributed by atoms with E-state index in [9.17, 15) is 0 Å². The highest BCUT2D eigenvalue weighted by molar-refractivity contribution is 5.49. The second-order valence-corrected chi connectivity index (χ2v) is 2.05. The van der Waals surface area contributed by atoms with E-state index in [-0.39, 0.29) is 0 Å². The Kier molecular flexibility index (Phi) is 0.640. The van der Waals surface area contributed by atoms with E-state index in [4.69, 9.17) is 0 Å². The Morgan fingerprint density at radius 3 is 3.38 bits per heavy atom. The lowest BCUT2D eigenvalue weighted by Crippen LogP contribution is -1.92. The molecule has 0 radical (unpaired) electrons. The highest BCUT2D eigenvalue weighted by Gasteiger charge is 2.07. The summed E-state index contributed by atoms with van der Waals surface area (Å²) in [5, 5.41) is 3.22. The molecule has 0 spiro atoms. The fraction of sp³-hybridized carbons (Fsp3) is 0.333. The molecule has 0 saturated carbocycles. The number of aromatic nitrogens is 1. The smallest absolute Gasteiger partial charge is 0.106 e. The molecule has 1 aromatic rings. The Morgan fingerprint density at radius 2 is 2.50 bits per heavy atom. The number of nitrogens with one attached hydrogen (secondary N) is 2. The quantitative estimate of drug-likeness (QED) is 0.509. The minimum atomic E-state index is 1.10. The van der Waals surface area contributed by atoms with Gasteiger partial charge in [0.2, 0.25) is 0 Å². The molecular weight excluding hydrogens is 100 g/mol. The Hall–Kier alpha value is -0.920. The molecule has 2 heteroatoms. The van der Waals surface area contributed by atoms with Crippen molar-refractivity contribution in [2.24, 2.45) is 0 Å². The molecule has 2 N–H and O–H groups in total. The van der Waals surface area contributed by atoms with Gasteiger partial charge in [0.15, 0.2) is 0 Å². The lowest BCUT2D eigenvalue weighted by atomic mass is 10.3. The Balaban J connectivity index is 2.54. The number of aromatic amines is 1. The van der Waals surface area contributed by atoms with Crippen LogP contribution in [0.1, 0.15) is 5.56 Å². The predicted octanol–water partition coefficient (Wildman–Crippen LogP) is 0.983. The van der Waals surface area contributed by atoms with Crippen LogP contribution in [0.15, 0.2) is 12.3 Å². The van der Waals surface area contributed by atoms with Gasteiger partial charge >= 0.3 is 0 Å². The summed E-state index contributed by atoms with van der Waals surface area (Å²) in [5.74, 6) is 1.21. The molecule has 2 heterocycles. The van der Waals surface area contributed by atoms with E-state index in [1.54, 1.807) is 0 Å². The van der Waals surface area contributed by atoms with Crippen LogP contribution in [-0.2, 0) is 6.42 Å². The van der Waals surface area contributed by atoms with E-state index in [1.807, 2.05) is 6.20 Å². The molecule has 1 aromatic heterocycles. The number of anilines is 1. The fourth-order valence-corrected chi connectivity index (χ4v) is 1.10. The third-order valence-corrected chi connectivity index (χ3v) is 1.53. The SMILES string of the molecule is c1cc2c([nH]1)NCC2. The zero-order valence-electron chi connectivity index (χ0n) is 4.57. The normalized spacial score (nSPS) is 15.5. The van der Waals surface area contributed by atoms with Gasteiger partial charge < -0.3 is 10.3 Å². The summed E-state index contributed by atoms with van der Waals surface area (Å²) in [6.45, 7) is 1.10. The van der Waals surface area contributed by atoms with Crippen LogP contribution in [0.5, 0.6) is 0 Å². The van der Waals surface area contributed by atoms with Crippen LogP contribution in [0.25, 0.3) is 0 Å². The van der Waals surface area contributed by atoms with Crippen molar-refractivity contribution in [2.45, 2.75) is 6.42 Å². The van der Waals surface area contributed by atoms with Crippen molar-refractivity contribution in [1.82, 2.24) is 4.98 Å². The van der Waals surface area contributed by atoms with Gasteiger partial charge in [0.1, 0.15) is 5.82 Å². The first-order chi connectivity index (χ1) is 3.97. The summed E-state index contributed by atoms with van der Waals surface area (Å²) in [6.07, 6.45) is 3.15. The molecule has 42 valence electrons. The van der Waals surface area contributed by atoms with Crippen LogP contribution in [0.3, 0.4) is 0 Å². The Labute approximate surface area is 47.9 Å². The fourth-order valence-electron chi connectivity index (χ4n) is 1.10.